The largest absolute Gasteiger partial charge is 0.385 e. The van der Waals surface area contributed by atoms with E-state index in [4.69, 9.17) is 4.74 Å². The standard InChI is InChI=1S/C12H22N2O/c1-4-14-8-6-12(10-14)11(2)13-7-5-9-15-3/h6,8,10-11,13H,4-5,7,9H2,1-3H3/t11-/m0/s1. The van der Waals surface area contributed by atoms with E-state index in [-0.39, 0.29) is 0 Å². The molecule has 0 aromatic carbocycles. The smallest absolute Gasteiger partial charge is 0.0474 e. The Hall–Kier alpha value is -0.800. The summed E-state index contributed by atoms with van der Waals surface area (Å²) >= 11 is 0. The van der Waals surface area contributed by atoms with Gasteiger partial charge in [-0.25, -0.2) is 0 Å². The van der Waals surface area contributed by atoms with Gasteiger partial charge in [-0.2, -0.15) is 0 Å². The number of ether oxygens (including phenoxy) is 1. The lowest BCUT2D eigenvalue weighted by Gasteiger charge is -2.11. The lowest BCUT2D eigenvalue weighted by Crippen LogP contribution is -2.20. The van der Waals surface area contributed by atoms with Crippen LogP contribution in [-0.2, 0) is 11.3 Å². The van der Waals surface area contributed by atoms with Gasteiger partial charge in [-0.1, -0.05) is 0 Å². The van der Waals surface area contributed by atoms with Gasteiger partial charge in [0.2, 0.25) is 0 Å². The van der Waals surface area contributed by atoms with Crippen LogP contribution in [0.15, 0.2) is 18.5 Å². The van der Waals surface area contributed by atoms with E-state index < -0.39 is 0 Å². The van der Waals surface area contributed by atoms with E-state index in [0.717, 1.165) is 26.1 Å². The van der Waals surface area contributed by atoms with Crippen LogP contribution in [0, 0.1) is 0 Å². The molecule has 1 aromatic rings. The lowest BCUT2D eigenvalue weighted by molar-refractivity contribution is 0.193. The van der Waals surface area contributed by atoms with Crippen molar-refractivity contribution >= 4 is 0 Å². The molecule has 0 fully saturated rings. The molecule has 0 saturated carbocycles. The fourth-order valence-corrected chi connectivity index (χ4v) is 1.57. The molecule has 1 rings (SSSR count). The maximum atomic E-state index is 5.01. The van der Waals surface area contributed by atoms with Gasteiger partial charge in [0.25, 0.3) is 0 Å². The van der Waals surface area contributed by atoms with Gasteiger partial charge in [0.1, 0.15) is 0 Å². The minimum Gasteiger partial charge on any atom is -0.385 e. The first kappa shape index (κ1) is 12.3. The Morgan fingerprint density at radius 2 is 2.33 bits per heavy atom. The maximum Gasteiger partial charge on any atom is 0.0474 e. The number of nitrogens with one attached hydrogen (secondary N) is 1. The summed E-state index contributed by atoms with van der Waals surface area (Å²) in [6.07, 6.45) is 5.39. The Bertz CT molecular complexity index is 270. The highest BCUT2D eigenvalue weighted by Gasteiger charge is 2.05. The van der Waals surface area contributed by atoms with Crippen molar-refractivity contribution in [1.29, 1.82) is 0 Å². The highest BCUT2D eigenvalue weighted by Crippen LogP contribution is 2.12. The number of hydrogen-bond donors (Lipinski definition) is 1. The molecule has 86 valence electrons. The summed E-state index contributed by atoms with van der Waals surface area (Å²) in [5.41, 5.74) is 1.36. The molecule has 1 aromatic heterocycles. The number of hydrogen-bond acceptors (Lipinski definition) is 2. The SMILES string of the molecule is CCn1ccc([C@H](C)NCCCOC)c1. The zero-order valence-corrected chi connectivity index (χ0v) is 9.99. The van der Waals surface area contributed by atoms with Crippen molar-refractivity contribution < 1.29 is 4.74 Å². The quantitative estimate of drug-likeness (QED) is 0.698. The molecule has 1 heterocycles. The van der Waals surface area contributed by atoms with E-state index in [9.17, 15) is 0 Å². The second-order valence-corrected chi connectivity index (χ2v) is 3.80. The number of methoxy groups -OCH3 is 1. The van der Waals surface area contributed by atoms with Gasteiger partial charge in [0.15, 0.2) is 0 Å². The van der Waals surface area contributed by atoms with E-state index in [1.165, 1.54) is 5.56 Å². The number of rotatable bonds is 7. The van der Waals surface area contributed by atoms with Crippen LogP contribution >= 0.6 is 0 Å². The summed E-state index contributed by atoms with van der Waals surface area (Å²) in [6.45, 7) is 7.22. The predicted octanol–water partition coefficient (Wildman–Crippen LogP) is 2.20. The Morgan fingerprint density at radius 1 is 1.53 bits per heavy atom. The van der Waals surface area contributed by atoms with Crippen molar-refractivity contribution in [3.63, 3.8) is 0 Å². The van der Waals surface area contributed by atoms with Gasteiger partial charge in [0, 0.05) is 38.7 Å². The summed E-state index contributed by atoms with van der Waals surface area (Å²) in [5.74, 6) is 0. The fraction of sp³-hybridized carbons (Fsp3) is 0.667. The number of aryl methyl sites for hydroxylation is 1. The molecule has 0 aliphatic rings. The van der Waals surface area contributed by atoms with Crippen molar-refractivity contribution in [3.8, 4) is 0 Å². The molecular formula is C12H22N2O. The molecule has 1 atom stereocenters. The van der Waals surface area contributed by atoms with E-state index in [2.05, 4.69) is 42.2 Å². The van der Waals surface area contributed by atoms with E-state index in [1.807, 2.05) is 0 Å². The molecule has 0 amide bonds. The van der Waals surface area contributed by atoms with Gasteiger partial charge >= 0.3 is 0 Å². The van der Waals surface area contributed by atoms with Gasteiger partial charge in [-0.15, -0.1) is 0 Å². The predicted molar refractivity (Wildman–Crippen MR) is 63.0 cm³/mol. The van der Waals surface area contributed by atoms with Crippen LogP contribution in [0.1, 0.15) is 31.9 Å². The Balaban J connectivity index is 2.29. The number of aromatic nitrogens is 1. The first-order valence-electron chi connectivity index (χ1n) is 5.66. The van der Waals surface area contributed by atoms with E-state index in [0.29, 0.717) is 6.04 Å². The summed E-state index contributed by atoms with van der Waals surface area (Å²) in [5, 5.41) is 3.48. The second kappa shape index (κ2) is 6.64. The minimum atomic E-state index is 0.426. The zero-order chi connectivity index (χ0) is 11.1. The number of nitrogens with zero attached hydrogens (tertiary/aromatic N) is 1. The van der Waals surface area contributed by atoms with Crippen LogP contribution in [0.2, 0.25) is 0 Å². The second-order valence-electron chi connectivity index (χ2n) is 3.80. The van der Waals surface area contributed by atoms with Crippen LogP contribution in [0.3, 0.4) is 0 Å². The monoisotopic (exact) mass is 210 g/mol. The summed E-state index contributed by atoms with van der Waals surface area (Å²) in [4.78, 5) is 0. The third-order valence-electron chi connectivity index (χ3n) is 2.61. The summed E-state index contributed by atoms with van der Waals surface area (Å²) in [6, 6.07) is 2.60. The van der Waals surface area contributed by atoms with Gasteiger partial charge < -0.3 is 14.6 Å². The van der Waals surface area contributed by atoms with Crippen LogP contribution in [0.25, 0.3) is 0 Å². The molecule has 0 bridgehead atoms. The molecule has 0 saturated heterocycles. The molecule has 0 unspecified atom stereocenters. The highest BCUT2D eigenvalue weighted by atomic mass is 16.5. The summed E-state index contributed by atoms with van der Waals surface area (Å²) < 4.78 is 7.20. The van der Waals surface area contributed by atoms with Gasteiger partial charge in [-0.3, -0.25) is 0 Å². The van der Waals surface area contributed by atoms with Crippen LogP contribution in [0.4, 0.5) is 0 Å². The molecule has 3 nitrogen and oxygen atoms in total. The molecule has 15 heavy (non-hydrogen) atoms. The van der Waals surface area contributed by atoms with Crippen molar-refractivity contribution in [3.05, 3.63) is 24.0 Å². The Morgan fingerprint density at radius 3 is 2.93 bits per heavy atom. The van der Waals surface area contributed by atoms with Crippen molar-refractivity contribution in [2.75, 3.05) is 20.3 Å². The van der Waals surface area contributed by atoms with Gasteiger partial charge in [0.05, 0.1) is 0 Å². The van der Waals surface area contributed by atoms with Gasteiger partial charge in [-0.05, 0) is 38.4 Å². The average molecular weight is 210 g/mol. The van der Waals surface area contributed by atoms with E-state index >= 15 is 0 Å². The highest BCUT2D eigenvalue weighted by molar-refractivity contribution is 5.14. The fourth-order valence-electron chi connectivity index (χ4n) is 1.57. The molecule has 0 aliphatic heterocycles. The lowest BCUT2D eigenvalue weighted by atomic mass is 10.2. The topological polar surface area (TPSA) is 26.2 Å². The van der Waals surface area contributed by atoms with E-state index in [1.54, 1.807) is 7.11 Å². The Labute approximate surface area is 92.4 Å². The van der Waals surface area contributed by atoms with Crippen molar-refractivity contribution in [2.24, 2.45) is 0 Å². The summed E-state index contributed by atoms with van der Waals surface area (Å²) in [7, 11) is 1.74. The molecule has 1 N–H and O–H groups in total. The van der Waals surface area contributed by atoms with Crippen molar-refractivity contribution in [1.82, 2.24) is 9.88 Å². The normalized spacial score (nSPS) is 13.0. The average Bonchev–Trinajstić information content (AvgIpc) is 2.72. The van der Waals surface area contributed by atoms with Crippen LogP contribution in [-0.4, -0.2) is 24.8 Å². The molecule has 3 heteroatoms. The third-order valence-corrected chi connectivity index (χ3v) is 2.61. The third kappa shape index (κ3) is 4.06. The Kier molecular flexibility index (Phi) is 5.43. The van der Waals surface area contributed by atoms with Crippen LogP contribution < -0.4 is 5.32 Å². The molecular weight excluding hydrogens is 188 g/mol. The molecule has 0 radical (unpaired) electrons. The first-order chi connectivity index (χ1) is 7.27. The molecule has 0 spiro atoms. The minimum absolute atomic E-state index is 0.426. The first-order valence-corrected chi connectivity index (χ1v) is 5.66. The zero-order valence-electron chi connectivity index (χ0n) is 9.99. The van der Waals surface area contributed by atoms with Crippen LogP contribution in [0.5, 0.6) is 0 Å². The molecule has 0 aliphatic carbocycles. The maximum absolute atomic E-state index is 5.01. The van der Waals surface area contributed by atoms with Crippen molar-refractivity contribution in [2.45, 2.75) is 32.9 Å².